The summed E-state index contributed by atoms with van der Waals surface area (Å²) < 4.78 is 6.74. The summed E-state index contributed by atoms with van der Waals surface area (Å²) in [7, 11) is 0. The molecule has 0 spiro atoms. The number of ether oxygens (including phenoxy) is 1. The lowest BCUT2D eigenvalue weighted by atomic mass is 9.87. The van der Waals surface area contributed by atoms with Gasteiger partial charge in [0, 0.05) is 18.1 Å². The van der Waals surface area contributed by atoms with Gasteiger partial charge < -0.3 is 15.4 Å². The maximum absolute atomic E-state index is 11.8. The molecule has 0 aromatic heterocycles. The van der Waals surface area contributed by atoms with Crippen LogP contribution in [0.25, 0.3) is 0 Å². The van der Waals surface area contributed by atoms with E-state index in [4.69, 9.17) is 16.3 Å². The maximum Gasteiger partial charge on any atom is 0.315 e. The van der Waals surface area contributed by atoms with Gasteiger partial charge in [0.05, 0.1) is 11.1 Å². The van der Waals surface area contributed by atoms with Crippen molar-refractivity contribution in [3.63, 3.8) is 0 Å². The van der Waals surface area contributed by atoms with E-state index in [2.05, 4.69) is 59.5 Å². The third kappa shape index (κ3) is 7.43. The number of hydrogen-bond acceptors (Lipinski definition) is 2. The first-order valence-electron chi connectivity index (χ1n) is 8.94. The number of carbonyl (C=O) groups excluding carboxylic acids is 1. The molecule has 2 aromatic carbocycles. The average Bonchev–Trinajstić information content (AvgIpc) is 2.61. The van der Waals surface area contributed by atoms with Crippen LogP contribution in [0.3, 0.4) is 0 Å². The number of carbonyl (C=O) groups is 1. The van der Waals surface area contributed by atoms with Crippen molar-refractivity contribution in [2.75, 3.05) is 13.2 Å². The topological polar surface area (TPSA) is 50.4 Å². The van der Waals surface area contributed by atoms with Crippen LogP contribution in [0.15, 0.2) is 46.9 Å². The van der Waals surface area contributed by atoms with Gasteiger partial charge >= 0.3 is 6.03 Å². The molecule has 0 heterocycles. The van der Waals surface area contributed by atoms with Crippen LogP contribution in [0, 0.1) is 0 Å². The van der Waals surface area contributed by atoms with Crippen LogP contribution in [0.4, 0.5) is 4.79 Å². The number of amides is 2. The normalized spacial score (nSPS) is 11.1. The molecule has 2 amide bonds. The first-order chi connectivity index (χ1) is 12.8. The van der Waals surface area contributed by atoms with E-state index in [9.17, 15) is 4.79 Å². The molecule has 0 bridgehead atoms. The van der Waals surface area contributed by atoms with Crippen LogP contribution in [-0.2, 0) is 12.0 Å². The van der Waals surface area contributed by atoms with Crippen molar-refractivity contribution in [2.45, 2.75) is 39.2 Å². The molecule has 0 saturated heterocycles. The number of nitrogens with one attached hydrogen (secondary N) is 2. The molecular formula is C21H26BrClN2O2. The van der Waals surface area contributed by atoms with Gasteiger partial charge in [-0.05, 0) is 63.2 Å². The molecule has 2 rings (SSSR count). The fourth-order valence-electron chi connectivity index (χ4n) is 2.39. The number of benzene rings is 2. The molecule has 0 fully saturated rings. The van der Waals surface area contributed by atoms with Crippen LogP contribution in [-0.4, -0.2) is 19.2 Å². The van der Waals surface area contributed by atoms with Crippen molar-refractivity contribution >= 4 is 33.6 Å². The van der Waals surface area contributed by atoms with Crippen molar-refractivity contribution in [1.29, 1.82) is 0 Å². The second-order valence-electron chi connectivity index (χ2n) is 7.33. The summed E-state index contributed by atoms with van der Waals surface area (Å²) in [5.41, 5.74) is 2.35. The number of rotatable bonds is 7. The van der Waals surface area contributed by atoms with Gasteiger partial charge in [-0.3, -0.25) is 0 Å². The molecule has 6 heteroatoms. The Morgan fingerprint density at radius 1 is 1.11 bits per heavy atom. The van der Waals surface area contributed by atoms with E-state index in [-0.39, 0.29) is 11.4 Å². The molecule has 0 unspecified atom stereocenters. The summed E-state index contributed by atoms with van der Waals surface area (Å²) in [6, 6.07) is 13.4. The number of halogens is 2. The van der Waals surface area contributed by atoms with E-state index in [1.807, 2.05) is 18.2 Å². The molecule has 146 valence electrons. The molecule has 0 radical (unpaired) electrons. The van der Waals surface area contributed by atoms with Crippen LogP contribution in [0.1, 0.15) is 38.3 Å². The Bertz CT molecular complexity index is 758. The standard InChI is InChI=1S/C21H26BrClN2O2/c1-21(2,3)16-7-10-19(18(22)13-16)27-12-4-11-24-20(26)25-14-15-5-8-17(23)9-6-15/h5-10,13H,4,11-12,14H2,1-3H3,(H2,24,25,26). The Labute approximate surface area is 174 Å². The van der Waals surface area contributed by atoms with Crippen molar-refractivity contribution in [2.24, 2.45) is 0 Å². The lowest BCUT2D eigenvalue weighted by Crippen LogP contribution is -2.36. The van der Waals surface area contributed by atoms with Gasteiger partial charge in [-0.2, -0.15) is 0 Å². The SMILES string of the molecule is CC(C)(C)c1ccc(OCCCNC(=O)NCc2ccc(Cl)cc2)c(Br)c1. The Hall–Kier alpha value is -1.72. The Kier molecular flexibility index (Phi) is 7.99. The molecule has 0 atom stereocenters. The minimum atomic E-state index is -0.194. The monoisotopic (exact) mass is 452 g/mol. The minimum absolute atomic E-state index is 0.102. The fraction of sp³-hybridized carbons (Fsp3) is 0.381. The molecule has 2 N–H and O–H groups in total. The summed E-state index contributed by atoms with van der Waals surface area (Å²) in [5, 5.41) is 6.32. The first kappa shape index (κ1) is 21.6. The van der Waals surface area contributed by atoms with Gasteiger partial charge in [0.15, 0.2) is 0 Å². The quantitative estimate of drug-likeness (QED) is 0.531. The molecule has 0 saturated carbocycles. The summed E-state index contributed by atoms with van der Waals surface area (Å²) in [6.07, 6.45) is 0.724. The van der Waals surface area contributed by atoms with Gasteiger partial charge in [0.1, 0.15) is 5.75 Å². The summed E-state index contributed by atoms with van der Waals surface area (Å²) in [4.78, 5) is 11.8. The summed E-state index contributed by atoms with van der Waals surface area (Å²) in [6.45, 7) is 8.08. The molecule has 27 heavy (non-hydrogen) atoms. The fourth-order valence-corrected chi connectivity index (χ4v) is 3.01. The molecule has 4 nitrogen and oxygen atoms in total. The molecule has 0 aliphatic carbocycles. The van der Waals surface area contributed by atoms with Crippen LogP contribution in [0.2, 0.25) is 5.02 Å². The maximum atomic E-state index is 11.8. The van der Waals surface area contributed by atoms with Crippen molar-refractivity contribution in [1.82, 2.24) is 10.6 Å². The molecule has 0 aliphatic rings. The Morgan fingerprint density at radius 3 is 2.44 bits per heavy atom. The lowest BCUT2D eigenvalue weighted by Gasteiger charge is -2.20. The molecule has 2 aromatic rings. The second-order valence-corrected chi connectivity index (χ2v) is 8.62. The zero-order chi connectivity index (χ0) is 19.9. The predicted octanol–water partition coefficient (Wildman–Crippen LogP) is 5.67. The van der Waals surface area contributed by atoms with E-state index in [1.54, 1.807) is 12.1 Å². The second kappa shape index (κ2) is 10.00. The van der Waals surface area contributed by atoms with Crippen molar-refractivity contribution in [3.8, 4) is 5.75 Å². The first-order valence-corrected chi connectivity index (χ1v) is 10.1. The average molecular weight is 454 g/mol. The minimum Gasteiger partial charge on any atom is -0.492 e. The van der Waals surface area contributed by atoms with E-state index in [0.717, 1.165) is 22.2 Å². The number of urea groups is 1. The highest BCUT2D eigenvalue weighted by molar-refractivity contribution is 9.10. The molecule has 0 aliphatic heterocycles. The predicted molar refractivity (Wildman–Crippen MR) is 115 cm³/mol. The van der Waals surface area contributed by atoms with Gasteiger partial charge in [0.2, 0.25) is 0 Å². The smallest absolute Gasteiger partial charge is 0.315 e. The van der Waals surface area contributed by atoms with E-state index < -0.39 is 0 Å². The van der Waals surface area contributed by atoms with E-state index in [1.165, 1.54) is 5.56 Å². The van der Waals surface area contributed by atoms with Crippen LogP contribution in [0.5, 0.6) is 5.75 Å². The van der Waals surface area contributed by atoms with Crippen molar-refractivity contribution < 1.29 is 9.53 Å². The zero-order valence-electron chi connectivity index (χ0n) is 15.9. The van der Waals surface area contributed by atoms with Crippen LogP contribution < -0.4 is 15.4 Å². The third-order valence-electron chi connectivity index (χ3n) is 4.03. The zero-order valence-corrected chi connectivity index (χ0v) is 18.3. The highest BCUT2D eigenvalue weighted by Gasteiger charge is 2.15. The van der Waals surface area contributed by atoms with Gasteiger partial charge in [-0.25, -0.2) is 4.79 Å². The lowest BCUT2D eigenvalue weighted by molar-refractivity contribution is 0.238. The highest BCUT2D eigenvalue weighted by atomic mass is 79.9. The Balaban J connectivity index is 1.65. The van der Waals surface area contributed by atoms with E-state index in [0.29, 0.717) is 24.7 Å². The van der Waals surface area contributed by atoms with E-state index >= 15 is 0 Å². The van der Waals surface area contributed by atoms with Gasteiger partial charge in [-0.15, -0.1) is 0 Å². The number of hydrogen-bond donors (Lipinski definition) is 2. The van der Waals surface area contributed by atoms with Gasteiger partial charge in [-0.1, -0.05) is 50.6 Å². The van der Waals surface area contributed by atoms with Gasteiger partial charge in [0.25, 0.3) is 0 Å². The highest BCUT2D eigenvalue weighted by Crippen LogP contribution is 2.31. The summed E-state index contributed by atoms with van der Waals surface area (Å²) in [5.74, 6) is 0.815. The summed E-state index contributed by atoms with van der Waals surface area (Å²) >= 11 is 9.41. The Morgan fingerprint density at radius 2 is 1.81 bits per heavy atom. The largest absolute Gasteiger partial charge is 0.492 e. The van der Waals surface area contributed by atoms with Crippen LogP contribution >= 0.6 is 27.5 Å². The molecular weight excluding hydrogens is 428 g/mol. The third-order valence-corrected chi connectivity index (χ3v) is 4.90. The van der Waals surface area contributed by atoms with Crippen molar-refractivity contribution in [3.05, 3.63) is 63.1 Å².